The molecule has 7 heteroatoms. The number of fused-ring (bicyclic) bond motifs is 1. The Balaban J connectivity index is 1.82. The first-order valence-electron chi connectivity index (χ1n) is 11.6. The molecule has 0 aliphatic rings. The Hall–Kier alpha value is -2.76. The Morgan fingerprint density at radius 2 is 1.76 bits per heavy atom. The fourth-order valence-electron chi connectivity index (χ4n) is 3.80. The molecule has 1 N–H and O–H groups in total. The molecule has 3 rings (SSSR count). The number of hydrogen-bond donors (Lipinski definition) is 1. The van der Waals surface area contributed by atoms with Crippen LogP contribution < -0.4 is 10.1 Å². The molecule has 34 heavy (non-hydrogen) atoms. The van der Waals surface area contributed by atoms with Crippen LogP contribution in [-0.4, -0.2) is 35.9 Å². The van der Waals surface area contributed by atoms with Crippen LogP contribution in [0.1, 0.15) is 38.7 Å². The third-order valence-corrected chi connectivity index (χ3v) is 6.39. The average Bonchev–Trinajstić information content (AvgIpc) is 2.84. The number of amides is 2. The number of nitrogens with zero attached hydrogens (tertiary/aromatic N) is 1. The summed E-state index contributed by atoms with van der Waals surface area (Å²) in [5.74, 6) is 0.174. The molecule has 0 bridgehead atoms. The number of hydrogen-bond acceptors (Lipinski definition) is 3. The summed E-state index contributed by atoms with van der Waals surface area (Å²) in [7, 11) is 0. The van der Waals surface area contributed by atoms with Crippen LogP contribution in [-0.2, 0) is 16.1 Å². The van der Waals surface area contributed by atoms with Gasteiger partial charge in [-0.05, 0) is 42.0 Å². The van der Waals surface area contributed by atoms with Crippen LogP contribution in [0.3, 0.4) is 0 Å². The lowest BCUT2D eigenvalue weighted by molar-refractivity contribution is -0.142. The summed E-state index contributed by atoms with van der Waals surface area (Å²) in [6.07, 6.45) is 2.33. The molecule has 180 valence electrons. The van der Waals surface area contributed by atoms with E-state index in [9.17, 15) is 9.59 Å². The van der Waals surface area contributed by atoms with Crippen molar-refractivity contribution >= 4 is 45.8 Å². The molecule has 0 aromatic heterocycles. The van der Waals surface area contributed by atoms with E-state index in [2.05, 4.69) is 12.2 Å². The zero-order valence-corrected chi connectivity index (χ0v) is 21.0. The van der Waals surface area contributed by atoms with Gasteiger partial charge in [0.1, 0.15) is 11.8 Å². The second-order valence-electron chi connectivity index (χ2n) is 8.10. The first-order chi connectivity index (χ1) is 16.4. The van der Waals surface area contributed by atoms with E-state index < -0.39 is 6.04 Å². The first kappa shape index (κ1) is 25.9. The van der Waals surface area contributed by atoms with Gasteiger partial charge in [0.2, 0.25) is 5.91 Å². The Bertz CT molecular complexity index is 1130. The normalized spacial score (nSPS) is 11.8. The average molecular weight is 501 g/mol. The number of ether oxygens (including phenoxy) is 1. The molecular formula is C27H30Cl2N2O3. The lowest BCUT2D eigenvalue weighted by Crippen LogP contribution is -2.50. The van der Waals surface area contributed by atoms with Gasteiger partial charge in [-0.1, -0.05) is 85.9 Å². The van der Waals surface area contributed by atoms with Gasteiger partial charge < -0.3 is 15.0 Å². The van der Waals surface area contributed by atoms with Gasteiger partial charge in [-0.3, -0.25) is 9.59 Å². The summed E-state index contributed by atoms with van der Waals surface area (Å²) in [5.41, 5.74) is 0.785. The van der Waals surface area contributed by atoms with Gasteiger partial charge in [-0.2, -0.15) is 0 Å². The highest BCUT2D eigenvalue weighted by atomic mass is 35.5. The molecule has 0 saturated heterocycles. The minimum absolute atomic E-state index is 0.172. The van der Waals surface area contributed by atoms with Gasteiger partial charge >= 0.3 is 0 Å². The van der Waals surface area contributed by atoms with Gasteiger partial charge in [-0.15, -0.1) is 0 Å². The van der Waals surface area contributed by atoms with Crippen LogP contribution in [0.15, 0.2) is 60.7 Å². The Morgan fingerprint density at radius 3 is 2.50 bits per heavy atom. The number of benzene rings is 3. The summed E-state index contributed by atoms with van der Waals surface area (Å²) in [4.78, 5) is 27.9. The fourth-order valence-corrected chi connectivity index (χ4v) is 4.13. The van der Waals surface area contributed by atoms with Crippen molar-refractivity contribution in [2.75, 3.05) is 13.2 Å². The maximum Gasteiger partial charge on any atom is 0.261 e. The largest absolute Gasteiger partial charge is 0.483 e. The second-order valence-corrected chi connectivity index (χ2v) is 8.92. The van der Waals surface area contributed by atoms with E-state index in [1.54, 1.807) is 17.0 Å². The lowest BCUT2D eigenvalue weighted by atomic mass is 10.1. The molecular weight excluding hydrogens is 471 g/mol. The van der Waals surface area contributed by atoms with Gasteiger partial charge in [0, 0.05) is 18.5 Å². The van der Waals surface area contributed by atoms with Crippen LogP contribution in [0.25, 0.3) is 10.8 Å². The van der Waals surface area contributed by atoms with Crippen molar-refractivity contribution in [3.63, 3.8) is 0 Å². The van der Waals surface area contributed by atoms with Crippen molar-refractivity contribution in [1.82, 2.24) is 10.2 Å². The molecule has 0 heterocycles. The molecule has 1 atom stereocenters. The van der Waals surface area contributed by atoms with Crippen molar-refractivity contribution in [3.05, 3.63) is 76.3 Å². The molecule has 0 unspecified atom stereocenters. The SMILES string of the molecule is CCCCNC(=O)[C@H](CC)N(Cc1ccc(Cl)c(Cl)c1)C(=O)COc1cccc2ccccc12. The molecule has 0 radical (unpaired) electrons. The summed E-state index contributed by atoms with van der Waals surface area (Å²) < 4.78 is 5.95. The number of carbonyl (C=O) groups excluding carboxylic acids is 2. The molecule has 2 amide bonds. The lowest BCUT2D eigenvalue weighted by Gasteiger charge is -2.30. The summed E-state index contributed by atoms with van der Waals surface area (Å²) in [5, 5.41) is 5.75. The van der Waals surface area contributed by atoms with Crippen molar-refractivity contribution in [3.8, 4) is 5.75 Å². The molecule has 0 aliphatic heterocycles. The fraction of sp³-hybridized carbons (Fsp3) is 0.333. The highest BCUT2D eigenvalue weighted by molar-refractivity contribution is 6.42. The maximum absolute atomic E-state index is 13.4. The summed E-state index contributed by atoms with van der Waals surface area (Å²) in [6, 6.07) is 18.2. The van der Waals surface area contributed by atoms with E-state index in [0.717, 1.165) is 29.2 Å². The smallest absolute Gasteiger partial charge is 0.261 e. The quantitative estimate of drug-likeness (QED) is 0.316. The van der Waals surface area contributed by atoms with Gasteiger partial charge in [0.05, 0.1) is 10.0 Å². The Kier molecular flexibility index (Phi) is 9.61. The van der Waals surface area contributed by atoms with E-state index in [4.69, 9.17) is 27.9 Å². The third-order valence-electron chi connectivity index (χ3n) is 5.65. The van der Waals surface area contributed by atoms with Crippen molar-refractivity contribution < 1.29 is 14.3 Å². The molecule has 0 fully saturated rings. The Labute approximate surface area is 211 Å². The van der Waals surface area contributed by atoms with Crippen LogP contribution in [0.4, 0.5) is 0 Å². The van der Waals surface area contributed by atoms with Crippen molar-refractivity contribution in [1.29, 1.82) is 0 Å². The van der Waals surface area contributed by atoms with E-state index in [0.29, 0.717) is 28.8 Å². The number of rotatable bonds is 11. The second kappa shape index (κ2) is 12.6. The van der Waals surface area contributed by atoms with Crippen molar-refractivity contribution in [2.24, 2.45) is 0 Å². The van der Waals surface area contributed by atoms with Crippen LogP contribution >= 0.6 is 23.2 Å². The predicted octanol–water partition coefficient (Wildman–Crippen LogP) is 6.25. The van der Waals surface area contributed by atoms with Crippen molar-refractivity contribution in [2.45, 2.75) is 45.7 Å². The van der Waals surface area contributed by atoms with Crippen LogP contribution in [0, 0.1) is 0 Å². The van der Waals surface area contributed by atoms with Crippen LogP contribution in [0.5, 0.6) is 5.75 Å². The topological polar surface area (TPSA) is 58.6 Å². The number of halogens is 2. The standard InChI is InChI=1S/C27H30Cl2N2O3/c1-3-5-15-30-27(33)24(4-2)31(17-19-13-14-22(28)23(29)16-19)26(32)18-34-25-12-8-10-20-9-6-7-11-21(20)25/h6-14,16,24H,3-5,15,17-18H2,1-2H3,(H,30,33)/t24-/m0/s1. The van der Waals surface area contributed by atoms with Gasteiger partial charge in [-0.25, -0.2) is 0 Å². The number of nitrogens with one attached hydrogen (secondary N) is 1. The zero-order valence-electron chi connectivity index (χ0n) is 19.5. The van der Waals surface area contributed by atoms with Crippen LogP contribution in [0.2, 0.25) is 10.0 Å². The van der Waals surface area contributed by atoms with E-state index in [1.165, 1.54) is 0 Å². The summed E-state index contributed by atoms with van der Waals surface area (Å²) in [6.45, 7) is 4.56. The Morgan fingerprint density at radius 1 is 1.00 bits per heavy atom. The van der Waals surface area contributed by atoms with E-state index >= 15 is 0 Å². The minimum Gasteiger partial charge on any atom is -0.483 e. The highest BCUT2D eigenvalue weighted by Gasteiger charge is 2.29. The molecule has 0 saturated carbocycles. The number of carbonyl (C=O) groups is 2. The maximum atomic E-state index is 13.4. The third kappa shape index (κ3) is 6.64. The van der Waals surface area contributed by atoms with Gasteiger partial charge in [0.15, 0.2) is 6.61 Å². The summed E-state index contributed by atoms with van der Waals surface area (Å²) >= 11 is 12.3. The molecule has 0 aliphatic carbocycles. The minimum atomic E-state index is -0.630. The first-order valence-corrected chi connectivity index (χ1v) is 12.3. The van der Waals surface area contributed by atoms with E-state index in [1.807, 2.05) is 55.5 Å². The molecule has 0 spiro atoms. The molecule has 5 nitrogen and oxygen atoms in total. The number of unbranched alkanes of at least 4 members (excludes halogenated alkanes) is 1. The molecule has 3 aromatic carbocycles. The van der Waals surface area contributed by atoms with E-state index in [-0.39, 0.29) is 25.0 Å². The predicted molar refractivity (Wildman–Crippen MR) is 138 cm³/mol. The highest BCUT2D eigenvalue weighted by Crippen LogP contribution is 2.26. The van der Waals surface area contributed by atoms with Gasteiger partial charge in [0.25, 0.3) is 5.91 Å². The molecule has 3 aromatic rings. The zero-order chi connectivity index (χ0) is 24.5. The monoisotopic (exact) mass is 500 g/mol.